The molecule has 1 amide bonds. The Morgan fingerprint density at radius 2 is 2.12 bits per heavy atom. The highest BCUT2D eigenvalue weighted by Crippen LogP contribution is 2.24. The minimum absolute atomic E-state index is 0.00554. The van der Waals surface area contributed by atoms with Crippen LogP contribution in [-0.2, 0) is 4.79 Å². The lowest BCUT2D eigenvalue weighted by molar-refractivity contribution is -0.142. The van der Waals surface area contributed by atoms with Crippen LogP contribution in [0, 0.1) is 0 Å². The predicted molar refractivity (Wildman–Crippen MR) is 67.4 cm³/mol. The van der Waals surface area contributed by atoms with Crippen LogP contribution in [0.4, 0.5) is 0 Å². The third kappa shape index (κ3) is 2.97. The van der Waals surface area contributed by atoms with Crippen molar-refractivity contribution in [3.63, 3.8) is 0 Å². The van der Waals surface area contributed by atoms with Gasteiger partial charge in [-0.05, 0) is 33.1 Å². The van der Waals surface area contributed by atoms with Crippen molar-refractivity contribution in [3.05, 3.63) is 0 Å². The van der Waals surface area contributed by atoms with Crippen molar-refractivity contribution in [2.75, 3.05) is 6.54 Å². The second kappa shape index (κ2) is 5.17. The summed E-state index contributed by atoms with van der Waals surface area (Å²) in [4.78, 5) is 14.4. The molecule has 0 bridgehead atoms. The Balaban J connectivity index is 2.71. The number of piperidine rings is 1. The van der Waals surface area contributed by atoms with Crippen molar-refractivity contribution in [1.82, 2.24) is 10.2 Å². The zero-order valence-electron chi connectivity index (χ0n) is 11.3. The highest BCUT2D eigenvalue weighted by molar-refractivity contribution is 5.83. The summed E-state index contributed by atoms with van der Waals surface area (Å²) < 4.78 is 0. The molecule has 1 N–H and O–H groups in total. The topological polar surface area (TPSA) is 32.3 Å². The molecule has 1 saturated heterocycles. The van der Waals surface area contributed by atoms with Crippen molar-refractivity contribution in [2.45, 2.75) is 71.5 Å². The summed E-state index contributed by atoms with van der Waals surface area (Å²) in [5.74, 6) is 0.284. The van der Waals surface area contributed by atoms with Crippen LogP contribution in [-0.4, -0.2) is 35.0 Å². The van der Waals surface area contributed by atoms with E-state index >= 15 is 0 Å². The second-order valence-corrected chi connectivity index (χ2v) is 5.67. The molecule has 1 heterocycles. The first-order chi connectivity index (χ1) is 7.38. The number of nitrogens with zero attached hydrogens (tertiary/aromatic N) is 1. The Morgan fingerprint density at radius 1 is 1.50 bits per heavy atom. The van der Waals surface area contributed by atoms with Crippen LogP contribution in [0.25, 0.3) is 0 Å². The van der Waals surface area contributed by atoms with Crippen LogP contribution in [0.3, 0.4) is 0 Å². The number of likely N-dealkylation sites (tertiary alicyclic amines) is 1. The smallest absolute Gasteiger partial charge is 0.240 e. The third-order valence-corrected chi connectivity index (χ3v) is 3.57. The number of nitrogens with one attached hydrogen (secondary N) is 1. The Bertz CT molecular complexity index is 248. The first-order valence-corrected chi connectivity index (χ1v) is 6.46. The SMILES string of the molecule is CCC(C)(C)N1CCCC(NC(C)C)C1=O. The van der Waals surface area contributed by atoms with E-state index < -0.39 is 0 Å². The van der Waals surface area contributed by atoms with Gasteiger partial charge in [-0.15, -0.1) is 0 Å². The Morgan fingerprint density at radius 3 is 2.62 bits per heavy atom. The first kappa shape index (κ1) is 13.5. The summed E-state index contributed by atoms with van der Waals surface area (Å²) in [5, 5.41) is 3.37. The molecular weight excluding hydrogens is 200 g/mol. The summed E-state index contributed by atoms with van der Waals surface area (Å²) in [7, 11) is 0. The monoisotopic (exact) mass is 226 g/mol. The highest BCUT2D eigenvalue weighted by atomic mass is 16.2. The van der Waals surface area contributed by atoms with Crippen LogP contribution >= 0.6 is 0 Å². The largest absolute Gasteiger partial charge is 0.336 e. The van der Waals surface area contributed by atoms with Gasteiger partial charge in [0.2, 0.25) is 5.91 Å². The maximum atomic E-state index is 12.3. The molecule has 0 saturated carbocycles. The zero-order valence-corrected chi connectivity index (χ0v) is 11.3. The van der Waals surface area contributed by atoms with Gasteiger partial charge in [0.05, 0.1) is 6.04 Å². The highest BCUT2D eigenvalue weighted by Gasteiger charge is 2.36. The first-order valence-electron chi connectivity index (χ1n) is 6.46. The lowest BCUT2D eigenvalue weighted by Crippen LogP contribution is -2.58. The minimum atomic E-state index is -0.00554. The molecule has 0 aromatic carbocycles. The summed E-state index contributed by atoms with van der Waals surface area (Å²) >= 11 is 0. The van der Waals surface area contributed by atoms with E-state index in [9.17, 15) is 4.79 Å². The Hall–Kier alpha value is -0.570. The lowest BCUT2D eigenvalue weighted by atomic mass is 9.93. The van der Waals surface area contributed by atoms with Gasteiger partial charge in [-0.3, -0.25) is 4.79 Å². The van der Waals surface area contributed by atoms with Gasteiger partial charge in [0, 0.05) is 18.1 Å². The van der Waals surface area contributed by atoms with E-state index in [1.54, 1.807) is 0 Å². The maximum absolute atomic E-state index is 12.3. The molecule has 1 rings (SSSR count). The molecule has 0 aromatic rings. The number of rotatable bonds is 4. The minimum Gasteiger partial charge on any atom is -0.336 e. The van der Waals surface area contributed by atoms with E-state index in [1.165, 1.54) is 0 Å². The summed E-state index contributed by atoms with van der Waals surface area (Å²) in [6.07, 6.45) is 3.10. The fraction of sp³-hybridized carbons (Fsp3) is 0.923. The van der Waals surface area contributed by atoms with E-state index in [1.807, 2.05) is 0 Å². The van der Waals surface area contributed by atoms with Gasteiger partial charge in [-0.2, -0.15) is 0 Å². The number of carbonyl (C=O) groups is 1. The van der Waals surface area contributed by atoms with Crippen LogP contribution in [0.15, 0.2) is 0 Å². The van der Waals surface area contributed by atoms with Gasteiger partial charge < -0.3 is 10.2 Å². The standard InChI is InChI=1S/C13H26N2O/c1-6-13(4,5)15-9-7-8-11(12(15)16)14-10(2)3/h10-11,14H,6-9H2,1-5H3. The molecule has 1 fully saturated rings. The van der Waals surface area contributed by atoms with E-state index in [0.717, 1.165) is 25.8 Å². The average Bonchev–Trinajstić information content (AvgIpc) is 2.20. The van der Waals surface area contributed by atoms with Gasteiger partial charge in [-0.1, -0.05) is 20.8 Å². The van der Waals surface area contributed by atoms with E-state index in [4.69, 9.17) is 0 Å². The molecule has 0 spiro atoms. The van der Waals surface area contributed by atoms with E-state index in [2.05, 4.69) is 44.8 Å². The number of hydrogen-bond donors (Lipinski definition) is 1. The molecule has 0 aliphatic carbocycles. The van der Waals surface area contributed by atoms with Crippen molar-refractivity contribution in [2.24, 2.45) is 0 Å². The molecule has 3 heteroatoms. The number of amides is 1. The van der Waals surface area contributed by atoms with Crippen LogP contribution in [0.1, 0.15) is 53.9 Å². The zero-order chi connectivity index (χ0) is 12.3. The molecule has 1 aliphatic rings. The van der Waals surface area contributed by atoms with E-state index in [0.29, 0.717) is 6.04 Å². The van der Waals surface area contributed by atoms with Gasteiger partial charge in [0.1, 0.15) is 0 Å². The van der Waals surface area contributed by atoms with Crippen molar-refractivity contribution in [3.8, 4) is 0 Å². The normalized spacial score (nSPS) is 23.0. The van der Waals surface area contributed by atoms with Gasteiger partial charge in [-0.25, -0.2) is 0 Å². The predicted octanol–water partition coefficient (Wildman–Crippen LogP) is 2.16. The fourth-order valence-electron chi connectivity index (χ4n) is 2.22. The second-order valence-electron chi connectivity index (χ2n) is 5.67. The molecule has 94 valence electrons. The van der Waals surface area contributed by atoms with Crippen molar-refractivity contribution in [1.29, 1.82) is 0 Å². The molecular formula is C13H26N2O. The molecule has 0 aromatic heterocycles. The summed E-state index contributed by atoms with van der Waals surface area (Å²) in [5.41, 5.74) is -0.00554. The van der Waals surface area contributed by atoms with Gasteiger partial charge >= 0.3 is 0 Å². The van der Waals surface area contributed by atoms with Gasteiger partial charge in [0.15, 0.2) is 0 Å². The molecule has 1 unspecified atom stereocenters. The Labute approximate surface area is 99.6 Å². The summed E-state index contributed by atoms with van der Waals surface area (Å²) in [6.45, 7) is 11.6. The third-order valence-electron chi connectivity index (χ3n) is 3.57. The van der Waals surface area contributed by atoms with Crippen LogP contribution in [0.2, 0.25) is 0 Å². The summed E-state index contributed by atoms with van der Waals surface area (Å²) in [6, 6.07) is 0.401. The molecule has 3 nitrogen and oxygen atoms in total. The van der Waals surface area contributed by atoms with Crippen LogP contribution < -0.4 is 5.32 Å². The fourth-order valence-corrected chi connectivity index (χ4v) is 2.22. The van der Waals surface area contributed by atoms with Crippen molar-refractivity contribution < 1.29 is 4.79 Å². The lowest BCUT2D eigenvalue weighted by Gasteiger charge is -2.43. The molecule has 1 atom stereocenters. The maximum Gasteiger partial charge on any atom is 0.240 e. The molecule has 16 heavy (non-hydrogen) atoms. The van der Waals surface area contributed by atoms with Crippen molar-refractivity contribution >= 4 is 5.91 Å². The quantitative estimate of drug-likeness (QED) is 0.796. The molecule has 1 aliphatic heterocycles. The van der Waals surface area contributed by atoms with Gasteiger partial charge in [0.25, 0.3) is 0 Å². The number of hydrogen-bond acceptors (Lipinski definition) is 2. The van der Waals surface area contributed by atoms with Crippen LogP contribution in [0.5, 0.6) is 0 Å². The Kier molecular flexibility index (Phi) is 4.36. The average molecular weight is 226 g/mol. The molecule has 0 radical (unpaired) electrons. The number of carbonyl (C=O) groups excluding carboxylic acids is 1. The van der Waals surface area contributed by atoms with E-state index in [-0.39, 0.29) is 17.5 Å².